The third kappa shape index (κ3) is 2.69. The summed E-state index contributed by atoms with van der Waals surface area (Å²) in [5, 5.41) is 0. The highest BCUT2D eigenvalue weighted by Gasteiger charge is 2.22. The first-order chi connectivity index (χ1) is 10.2. The Labute approximate surface area is 122 Å². The molecule has 1 aliphatic carbocycles. The van der Waals surface area contributed by atoms with Crippen molar-refractivity contribution in [3.63, 3.8) is 0 Å². The number of halogens is 3. The maximum atomic E-state index is 14.1. The molecule has 0 N–H and O–H groups in total. The van der Waals surface area contributed by atoms with Gasteiger partial charge in [0.1, 0.15) is 0 Å². The van der Waals surface area contributed by atoms with Gasteiger partial charge in [-0.1, -0.05) is 43.5 Å². The minimum atomic E-state index is -1.40. The van der Waals surface area contributed by atoms with Gasteiger partial charge in [-0.2, -0.15) is 0 Å². The quantitative estimate of drug-likeness (QED) is 0.611. The van der Waals surface area contributed by atoms with E-state index < -0.39 is 17.5 Å². The number of hydrogen-bond acceptors (Lipinski definition) is 0. The highest BCUT2D eigenvalue weighted by atomic mass is 19.2. The van der Waals surface area contributed by atoms with Gasteiger partial charge in [-0.3, -0.25) is 0 Å². The lowest BCUT2D eigenvalue weighted by molar-refractivity contribution is 0.442. The fourth-order valence-electron chi connectivity index (χ4n) is 3.25. The molecule has 0 aromatic heterocycles. The van der Waals surface area contributed by atoms with E-state index in [1.54, 1.807) is 6.07 Å². The van der Waals surface area contributed by atoms with Gasteiger partial charge < -0.3 is 0 Å². The molecule has 0 bridgehead atoms. The van der Waals surface area contributed by atoms with E-state index >= 15 is 0 Å². The average Bonchev–Trinajstić information content (AvgIpc) is 2.54. The molecule has 0 radical (unpaired) electrons. The van der Waals surface area contributed by atoms with Crippen LogP contribution in [0.5, 0.6) is 0 Å². The van der Waals surface area contributed by atoms with Crippen molar-refractivity contribution in [3.8, 4) is 11.1 Å². The van der Waals surface area contributed by atoms with E-state index in [1.165, 1.54) is 25.3 Å². The second-order valence-corrected chi connectivity index (χ2v) is 5.65. The van der Waals surface area contributed by atoms with Gasteiger partial charge in [-0.15, -0.1) is 0 Å². The Morgan fingerprint density at radius 3 is 2.19 bits per heavy atom. The van der Waals surface area contributed by atoms with Crippen LogP contribution >= 0.6 is 0 Å². The van der Waals surface area contributed by atoms with E-state index in [0.29, 0.717) is 11.5 Å². The Bertz CT molecular complexity index is 643. The van der Waals surface area contributed by atoms with E-state index in [4.69, 9.17) is 0 Å². The molecule has 3 heteroatoms. The summed E-state index contributed by atoms with van der Waals surface area (Å²) in [4.78, 5) is 0. The zero-order chi connectivity index (χ0) is 14.8. The molecule has 1 saturated carbocycles. The molecule has 0 saturated heterocycles. The van der Waals surface area contributed by atoms with E-state index in [-0.39, 0.29) is 5.56 Å². The van der Waals surface area contributed by atoms with Crippen LogP contribution in [0.1, 0.15) is 43.6 Å². The third-order valence-corrected chi connectivity index (χ3v) is 4.33. The van der Waals surface area contributed by atoms with Crippen LogP contribution in [-0.2, 0) is 0 Å². The lowest BCUT2D eigenvalue weighted by Crippen LogP contribution is -2.06. The SMILES string of the molecule is Fc1ccc(-c2ccccc2C2CCCCC2)c(F)c1F. The van der Waals surface area contributed by atoms with E-state index in [2.05, 4.69) is 0 Å². The maximum absolute atomic E-state index is 14.1. The van der Waals surface area contributed by atoms with Crippen molar-refractivity contribution < 1.29 is 13.2 Å². The van der Waals surface area contributed by atoms with E-state index in [1.807, 2.05) is 18.2 Å². The number of benzene rings is 2. The summed E-state index contributed by atoms with van der Waals surface area (Å²) in [7, 11) is 0. The molecule has 0 aliphatic heterocycles. The molecule has 2 aromatic carbocycles. The molecule has 2 aromatic rings. The highest BCUT2D eigenvalue weighted by molar-refractivity contribution is 5.69. The van der Waals surface area contributed by atoms with Crippen LogP contribution in [0.15, 0.2) is 36.4 Å². The van der Waals surface area contributed by atoms with Crippen LogP contribution in [0.4, 0.5) is 13.2 Å². The van der Waals surface area contributed by atoms with Crippen molar-refractivity contribution in [2.45, 2.75) is 38.0 Å². The Kier molecular flexibility index (Phi) is 4.00. The fourth-order valence-corrected chi connectivity index (χ4v) is 3.25. The Morgan fingerprint density at radius 2 is 1.43 bits per heavy atom. The minimum Gasteiger partial charge on any atom is -0.204 e. The average molecular weight is 290 g/mol. The van der Waals surface area contributed by atoms with E-state index in [0.717, 1.165) is 24.5 Å². The van der Waals surface area contributed by atoms with Gasteiger partial charge in [0.15, 0.2) is 17.5 Å². The zero-order valence-corrected chi connectivity index (χ0v) is 11.7. The van der Waals surface area contributed by atoms with Gasteiger partial charge in [0, 0.05) is 5.56 Å². The molecular weight excluding hydrogens is 273 g/mol. The highest BCUT2D eigenvalue weighted by Crippen LogP contribution is 2.39. The Morgan fingerprint density at radius 1 is 0.714 bits per heavy atom. The number of rotatable bonds is 2. The topological polar surface area (TPSA) is 0 Å². The molecule has 0 atom stereocenters. The summed E-state index contributed by atoms with van der Waals surface area (Å²) in [5.74, 6) is -3.27. The smallest absolute Gasteiger partial charge is 0.195 e. The van der Waals surface area contributed by atoms with Crippen LogP contribution in [-0.4, -0.2) is 0 Å². The summed E-state index contributed by atoms with van der Waals surface area (Å²) in [6.07, 6.45) is 5.71. The van der Waals surface area contributed by atoms with Crippen LogP contribution in [0.25, 0.3) is 11.1 Å². The summed E-state index contributed by atoms with van der Waals surface area (Å²) in [6, 6.07) is 9.82. The predicted molar refractivity (Wildman–Crippen MR) is 77.6 cm³/mol. The first kappa shape index (κ1) is 14.2. The molecule has 3 rings (SSSR count). The molecule has 0 spiro atoms. The normalized spacial score (nSPS) is 16.1. The lowest BCUT2D eigenvalue weighted by atomic mass is 9.81. The van der Waals surface area contributed by atoms with Gasteiger partial charge in [0.05, 0.1) is 0 Å². The second kappa shape index (κ2) is 5.92. The van der Waals surface area contributed by atoms with Crippen LogP contribution in [0, 0.1) is 17.5 Å². The van der Waals surface area contributed by atoms with Gasteiger partial charge in [-0.25, -0.2) is 13.2 Å². The molecule has 0 unspecified atom stereocenters. The van der Waals surface area contributed by atoms with Crippen molar-refractivity contribution in [1.29, 1.82) is 0 Å². The molecule has 21 heavy (non-hydrogen) atoms. The first-order valence-corrected chi connectivity index (χ1v) is 7.41. The third-order valence-electron chi connectivity index (χ3n) is 4.33. The molecule has 0 amide bonds. The number of hydrogen-bond donors (Lipinski definition) is 0. The molecule has 1 fully saturated rings. The fraction of sp³-hybridized carbons (Fsp3) is 0.333. The maximum Gasteiger partial charge on any atom is 0.195 e. The first-order valence-electron chi connectivity index (χ1n) is 7.41. The van der Waals surface area contributed by atoms with Gasteiger partial charge in [0.2, 0.25) is 0 Å². The second-order valence-electron chi connectivity index (χ2n) is 5.65. The Hall–Kier alpha value is -1.77. The standard InChI is InChI=1S/C18H17F3/c19-16-11-10-15(17(20)18(16)21)14-9-5-4-8-13(14)12-6-2-1-3-7-12/h4-5,8-12H,1-3,6-7H2. The molecule has 110 valence electrons. The molecule has 1 aliphatic rings. The summed E-state index contributed by atoms with van der Waals surface area (Å²) < 4.78 is 40.7. The van der Waals surface area contributed by atoms with Gasteiger partial charge >= 0.3 is 0 Å². The van der Waals surface area contributed by atoms with Gasteiger partial charge in [0.25, 0.3) is 0 Å². The molecular formula is C18H17F3. The predicted octanol–water partition coefficient (Wildman–Crippen LogP) is 5.82. The monoisotopic (exact) mass is 290 g/mol. The summed E-state index contributed by atoms with van der Waals surface area (Å²) in [5.41, 5.74) is 1.87. The largest absolute Gasteiger partial charge is 0.204 e. The zero-order valence-electron chi connectivity index (χ0n) is 11.7. The summed E-state index contributed by atoms with van der Waals surface area (Å²) in [6.45, 7) is 0. The molecule has 0 nitrogen and oxygen atoms in total. The van der Waals surface area contributed by atoms with Crippen molar-refractivity contribution in [3.05, 3.63) is 59.4 Å². The lowest BCUT2D eigenvalue weighted by Gasteiger charge is -2.24. The van der Waals surface area contributed by atoms with Crippen molar-refractivity contribution in [1.82, 2.24) is 0 Å². The summed E-state index contributed by atoms with van der Waals surface area (Å²) >= 11 is 0. The van der Waals surface area contributed by atoms with E-state index in [9.17, 15) is 13.2 Å². The van der Waals surface area contributed by atoms with Crippen LogP contribution in [0.3, 0.4) is 0 Å². The minimum absolute atomic E-state index is 0.148. The van der Waals surface area contributed by atoms with Crippen molar-refractivity contribution in [2.75, 3.05) is 0 Å². The van der Waals surface area contributed by atoms with Gasteiger partial charge in [-0.05, 0) is 42.0 Å². The van der Waals surface area contributed by atoms with Crippen molar-refractivity contribution in [2.24, 2.45) is 0 Å². The van der Waals surface area contributed by atoms with Crippen molar-refractivity contribution >= 4 is 0 Å². The molecule has 0 heterocycles. The van der Waals surface area contributed by atoms with Crippen LogP contribution in [0.2, 0.25) is 0 Å². The van der Waals surface area contributed by atoms with Crippen LogP contribution < -0.4 is 0 Å². The Balaban J connectivity index is 2.08.